The van der Waals surface area contributed by atoms with Crippen LogP contribution in [0.25, 0.3) is 0 Å². The molecule has 2 unspecified atom stereocenters. The minimum Gasteiger partial charge on any atom is -0.394 e. The van der Waals surface area contributed by atoms with Crippen molar-refractivity contribution >= 4 is 0 Å². The van der Waals surface area contributed by atoms with Crippen LogP contribution in [0.5, 0.6) is 0 Å². The van der Waals surface area contributed by atoms with Gasteiger partial charge in [0.1, 0.15) is 0 Å². The average molecular weight is 258 g/mol. The molecule has 0 aliphatic carbocycles. The van der Waals surface area contributed by atoms with Gasteiger partial charge in [0.25, 0.3) is 0 Å². The summed E-state index contributed by atoms with van der Waals surface area (Å²) < 4.78 is 5.80. The molecule has 1 fully saturated rings. The van der Waals surface area contributed by atoms with E-state index in [1.807, 2.05) is 0 Å². The van der Waals surface area contributed by atoms with Gasteiger partial charge in [0.05, 0.1) is 18.3 Å². The fourth-order valence-electron chi connectivity index (χ4n) is 2.44. The lowest BCUT2D eigenvalue weighted by Gasteiger charge is -2.43. The summed E-state index contributed by atoms with van der Waals surface area (Å²) in [4.78, 5) is 2.36. The van der Waals surface area contributed by atoms with Crippen LogP contribution in [0.1, 0.15) is 41.0 Å². The molecule has 0 aromatic carbocycles. The van der Waals surface area contributed by atoms with Gasteiger partial charge in [-0.1, -0.05) is 20.8 Å². The Bertz CT molecular complexity index is 261. The van der Waals surface area contributed by atoms with Gasteiger partial charge in [-0.2, -0.15) is 0 Å². The molecular formula is C14H30N2O2. The summed E-state index contributed by atoms with van der Waals surface area (Å²) in [5.74, 6) is 0. The van der Waals surface area contributed by atoms with Crippen LogP contribution in [-0.2, 0) is 4.74 Å². The summed E-state index contributed by atoms with van der Waals surface area (Å²) in [5.41, 5.74) is 6.16. The maximum atomic E-state index is 9.27. The minimum absolute atomic E-state index is 0.0698. The van der Waals surface area contributed by atoms with Crippen LogP contribution in [0.4, 0.5) is 0 Å². The van der Waals surface area contributed by atoms with Crippen LogP contribution in [-0.4, -0.2) is 54.0 Å². The quantitative estimate of drug-likeness (QED) is 0.796. The fraction of sp³-hybridized carbons (Fsp3) is 1.00. The van der Waals surface area contributed by atoms with E-state index in [0.717, 1.165) is 26.1 Å². The molecule has 0 aromatic rings. The van der Waals surface area contributed by atoms with E-state index in [1.54, 1.807) is 0 Å². The normalized spacial score (nSPS) is 27.2. The third kappa shape index (κ3) is 4.84. The standard InChI is InChI=1S/C14H30N2O2/c1-13(2,3)12(15)6-7-16-8-11(9-17)18-14(4,5)10-16/h11-12,17H,6-10,15H2,1-5H3. The summed E-state index contributed by atoms with van der Waals surface area (Å²) in [6, 6.07) is 0.205. The van der Waals surface area contributed by atoms with E-state index in [9.17, 15) is 5.11 Å². The molecule has 2 atom stereocenters. The maximum Gasteiger partial charge on any atom is 0.0940 e. The predicted octanol–water partition coefficient (Wildman–Crippen LogP) is 1.22. The van der Waals surface area contributed by atoms with E-state index in [4.69, 9.17) is 10.5 Å². The van der Waals surface area contributed by atoms with Crippen molar-refractivity contribution in [1.82, 2.24) is 4.90 Å². The number of rotatable bonds is 4. The third-order valence-corrected chi connectivity index (χ3v) is 3.62. The van der Waals surface area contributed by atoms with E-state index in [0.29, 0.717) is 0 Å². The Morgan fingerprint density at radius 3 is 2.56 bits per heavy atom. The van der Waals surface area contributed by atoms with Crippen LogP contribution in [0.2, 0.25) is 0 Å². The Morgan fingerprint density at radius 1 is 1.44 bits per heavy atom. The van der Waals surface area contributed by atoms with Crippen molar-refractivity contribution in [1.29, 1.82) is 0 Å². The van der Waals surface area contributed by atoms with Gasteiger partial charge in [0, 0.05) is 19.1 Å². The van der Waals surface area contributed by atoms with Crippen LogP contribution in [0.15, 0.2) is 0 Å². The number of aliphatic hydroxyl groups is 1. The highest BCUT2D eigenvalue weighted by molar-refractivity contribution is 4.85. The van der Waals surface area contributed by atoms with E-state index < -0.39 is 0 Å². The SMILES string of the molecule is CC1(C)CN(CCC(N)C(C)(C)C)CC(CO)O1. The average Bonchev–Trinajstić information content (AvgIpc) is 2.22. The van der Waals surface area contributed by atoms with Gasteiger partial charge in [-0.25, -0.2) is 0 Å². The molecule has 0 aromatic heterocycles. The lowest BCUT2D eigenvalue weighted by atomic mass is 9.85. The number of morpholine rings is 1. The van der Waals surface area contributed by atoms with Crippen LogP contribution < -0.4 is 5.73 Å². The van der Waals surface area contributed by atoms with Gasteiger partial charge < -0.3 is 15.6 Å². The molecular weight excluding hydrogens is 228 g/mol. The summed E-state index contributed by atoms with van der Waals surface area (Å²) in [6.45, 7) is 13.5. The molecule has 0 spiro atoms. The Hall–Kier alpha value is -0.160. The molecule has 1 heterocycles. The minimum atomic E-state index is -0.183. The molecule has 1 saturated heterocycles. The topological polar surface area (TPSA) is 58.7 Å². The molecule has 4 heteroatoms. The molecule has 0 saturated carbocycles. The first kappa shape index (κ1) is 15.9. The van der Waals surface area contributed by atoms with Gasteiger partial charge >= 0.3 is 0 Å². The molecule has 108 valence electrons. The van der Waals surface area contributed by atoms with Crippen molar-refractivity contribution in [2.24, 2.45) is 11.1 Å². The highest BCUT2D eigenvalue weighted by atomic mass is 16.5. The molecule has 0 amide bonds. The monoisotopic (exact) mass is 258 g/mol. The fourth-order valence-corrected chi connectivity index (χ4v) is 2.44. The second-order valence-corrected chi connectivity index (χ2v) is 7.18. The van der Waals surface area contributed by atoms with Gasteiger partial charge in [0.2, 0.25) is 0 Å². The Morgan fingerprint density at radius 2 is 2.06 bits per heavy atom. The first-order valence-corrected chi connectivity index (χ1v) is 6.91. The van der Waals surface area contributed by atoms with Crippen LogP contribution in [0, 0.1) is 5.41 Å². The second-order valence-electron chi connectivity index (χ2n) is 7.18. The highest BCUT2D eigenvalue weighted by Crippen LogP contribution is 2.23. The molecule has 4 nitrogen and oxygen atoms in total. The summed E-state index contributed by atoms with van der Waals surface area (Å²) >= 11 is 0. The molecule has 3 N–H and O–H groups in total. The van der Waals surface area contributed by atoms with Crippen LogP contribution >= 0.6 is 0 Å². The summed E-state index contributed by atoms with van der Waals surface area (Å²) in [6.07, 6.45) is 0.914. The molecule has 0 bridgehead atoms. The van der Waals surface area contributed by atoms with Gasteiger partial charge in [-0.05, 0) is 32.2 Å². The second kappa shape index (κ2) is 5.87. The van der Waals surface area contributed by atoms with Crippen molar-refractivity contribution in [3.05, 3.63) is 0 Å². The van der Waals surface area contributed by atoms with Crippen molar-refractivity contribution < 1.29 is 9.84 Å². The van der Waals surface area contributed by atoms with E-state index >= 15 is 0 Å². The number of ether oxygens (including phenoxy) is 1. The van der Waals surface area contributed by atoms with Crippen molar-refractivity contribution in [2.45, 2.75) is 58.8 Å². The molecule has 1 aliphatic rings. The maximum absolute atomic E-state index is 9.27. The first-order valence-electron chi connectivity index (χ1n) is 6.91. The third-order valence-electron chi connectivity index (χ3n) is 3.62. The number of nitrogens with zero attached hydrogens (tertiary/aromatic N) is 1. The number of aliphatic hydroxyl groups excluding tert-OH is 1. The molecule has 0 radical (unpaired) electrons. The van der Waals surface area contributed by atoms with Gasteiger partial charge in [0.15, 0.2) is 0 Å². The number of hydrogen-bond donors (Lipinski definition) is 2. The lowest BCUT2D eigenvalue weighted by molar-refractivity contribution is -0.149. The van der Waals surface area contributed by atoms with E-state index in [2.05, 4.69) is 39.5 Å². The van der Waals surface area contributed by atoms with Crippen LogP contribution in [0.3, 0.4) is 0 Å². The zero-order valence-corrected chi connectivity index (χ0v) is 12.6. The summed E-state index contributed by atoms with van der Waals surface area (Å²) in [5, 5.41) is 9.27. The Labute approximate surface area is 111 Å². The Balaban J connectivity index is 2.47. The first-order chi connectivity index (χ1) is 8.14. The molecule has 1 rings (SSSR count). The van der Waals surface area contributed by atoms with Gasteiger partial charge in [-0.15, -0.1) is 0 Å². The Kier molecular flexibility index (Phi) is 5.18. The molecule has 1 aliphatic heterocycles. The van der Waals surface area contributed by atoms with E-state index in [-0.39, 0.29) is 29.8 Å². The number of nitrogens with two attached hydrogens (primary N) is 1. The van der Waals surface area contributed by atoms with E-state index in [1.165, 1.54) is 0 Å². The zero-order valence-electron chi connectivity index (χ0n) is 12.6. The lowest BCUT2D eigenvalue weighted by Crippen LogP contribution is -2.54. The van der Waals surface area contributed by atoms with Crippen molar-refractivity contribution in [3.8, 4) is 0 Å². The van der Waals surface area contributed by atoms with Crippen molar-refractivity contribution in [3.63, 3.8) is 0 Å². The summed E-state index contributed by atoms with van der Waals surface area (Å²) in [7, 11) is 0. The smallest absolute Gasteiger partial charge is 0.0940 e. The highest BCUT2D eigenvalue weighted by Gasteiger charge is 2.33. The molecule has 18 heavy (non-hydrogen) atoms. The zero-order chi connectivity index (χ0) is 14.0. The predicted molar refractivity (Wildman–Crippen MR) is 74.5 cm³/mol. The number of hydrogen-bond acceptors (Lipinski definition) is 4. The van der Waals surface area contributed by atoms with Gasteiger partial charge in [-0.3, -0.25) is 4.90 Å². The largest absolute Gasteiger partial charge is 0.394 e. The van der Waals surface area contributed by atoms with Crippen molar-refractivity contribution in [2.75, 3.05) is 26.2 Å².